The molecule has 45 heavy (non-hydrogen) atoms. The zero-order valence-electron chi connectivity index (χ0n) is 23.8. The van der Waals surface area contributed by atoms with Crippen LogP contribution in [0.25, 0.3) is 0 Å². The minimum atomic E-state index is -1.28. The number of pyridine rings is 1. The van der Waals surface area contributed by atoms with Gasteiger partial charge < -0.3 is 30.8 Å². The fourth-order valence-electron chi connectivity index (χ4n) is 4.17. The van der Waals surface area contributed by atoms with Crippen molar-refractivity contribution in [3.05, 3.63) is 77.1 Å². The van der Waals surface area contributed by atoms with Gasteiger partial charge in [0.1, 0.15) is 29.1 Å². The summed E-state index contributed by atoms with van der Waals surface area (Å²) in [6, 6.07) is 8.65. The summed E-state index contributed by atoms with van der Waals surface area (Å²) in [6.45, 7) is 2.36. The summed E-state index contributed by atoms with van der Waals surface area (Å²) in [5, 5.41) is 18.0. The number of hydrogen-bond acceptors (Lipinski definition) is 13. The maximum Gasteiger partial charge on any atom is 0.343 e. The summed E-state index contributed by atoms with van der Waals surface area (Å²) in [6.07, 6.45) is 3.15. The molecule has 0 saturated heterocycles. The van der Waals surface area contributed by atoms with Gasteiger partial charge in [-0.1, -0.05) is 0 Å². The van der Waals surface area contributed by atoms with Crippen LogP contribution in [0, 0.1) is 17.0 Å². The molecule has 4 aromatic rings. The zero-order valence-corrected chi connectivity index (χ0v) is 24.6. The van der Waals surface area contributed by atoms with Crippen LogP contribution in [0.2, 0.25) is 0 Å². The van der Waals surface area contributed by atoms with Crippen molar-refractivity contribution < 1.29 is 32.9 Å². The molecule has 5 rings (SSSR count). The van der Waals surface area contributed by atoms with Gasteiger partial charge in [0.15, 0.2) is 22.5 Å². The standard InChI is InChI=1S/C29H26F2N8O5S/c1-3-42-28(41)17-12-37-29(38-25(17)34)45-15-5-7-20(16(11-15)26-35-8-9-39(26)2)43-23-18(30)13-36-27(22(23)31)44-21-10-14(24(32)33)4-6-19(21)40/h4-8,10-13,26,40H,3,9H2,1-2H3,(H3,32,33)(H2,34,37,38). The Kier molecular flexibility index (Phi) is 9.06. The Morgan fingerprint density at radius 1 is 1.16 bits per heavy atom. The number of phenols is 1. The van der Waals surface area contributed by atoms with Crippen molar-refractivity contribution in [3.63, 3.8) is 0 Å². The van der Waals surface area contributed by atoms with E-state index < -0.39 is 35.4 Å². The molecule has 0 bridgehead atoms. The second-order valence-corrected chi connectivity index (χ2v) is 10.5. The number of nitrogens with one attached hydrogen (secondary N) is 1. The van der Waals surface area contributed by atoms with Gasteiger partial charge in [0.2, 0.25) is 11.6 Å². The van der Waals surface area contributed by atoms with Crippen molar-refractivity contribution in [2.24, 2.45) is 10.7 Å². The molecule has 1 atom stereocenters. The molecule has 13 nitrogen and oxygen atoms in total. The number of anilines is 1. The first kappa shape index (κ1) is 31.1. The SMILES string of the molecule is CCOC(=O)c1cnc(Sc2ccc(Oc3c(F)cnc(Oc4cc(C(=N)N)ccc4O)c3F)c(C3N=CCN3C)c2)nc1N. The first-order chi connectivity index (χ1) is 21.5. The molecular weight excluding hydrogens is 610 g/mol. The summed E-state index contributed by atoms with van der Waals surface area (Å²) < 4.78 is 46.7. The Hall–Kier alpha value is -5.35. The van der Waals surface area contributed by atoms with Crippen LogP contribution in [0.3, 0.4) is 0 Å². The predicted molar refractivity (Wildman–Crippen MR) is 160 cm³/mol. The van der Waals surface area contributed by atoms with Crippen LogP contribution in [0.15, 0.2) is 63.8 Å². The van der Waals surface area contributed by atoms with Gasteiger partial charge in [0.25, 0.3) is 5.88 Å². The average Bonchev–Trinajstić information content (AvgIpc) is 3.43. The van der Waals surface area contributed by atoms with E-state index in [0.29, 0.717) is 23.2 Å². The van der Waals surface area contributed by atoms with Gasteiger partial charge in [0, 0.05) is 35.0 Å². The largest absolute Gasteiger partial charge is 0.504 e. The van der Waals surface area contributed by atoms with Crippen molar-refractivity contribution in [2.45, 2.75) is 23.1 Å². The van der Waals surface area contributed by atoms with Crippen molar-refractivity contribution in [3.8, 4) is 28.9 Å². The number of amidine groups is 1. The quantitative estimate of drug-likeness (QED) is 0.0815. The maximum absolute atomic E-state index is 15.6. The number of carbonyl (C=O) groups excluding carboxylic acids is 1. The number of benzene rings is 2. The van der Waals surface area contributed by atoms with E-state index in [1.807, 2.05) is 11.9 Å². The maximum atomic E-state index is 15.6. The van der Waals surface area contributed by atoms with Crippen LogP contribution in [0.1, 0.15) is 34.6 Å². The molecule has 0 radical (unpaired) electrons. The second kappa shape index (κ2) is 13.1. The fourth-order valence-corrected chi connectivity index (χ4v) is 4.95. The number of ether oxygens (including phenoxy) is 3. The molecule has 6 N–H and O–H groups in total. The lowest BCUT2D eigenvalue weighted by Crippen LogP contribution is -2.19. The highest BCUT2D eigenvalue weighted by Crippen LogP contribution is 2.41. The van der Waals surface area contributed by atoms with E-state index in [1.54, 1.807) is 25.3 Å². The number of rotatable bonds is 10. The number of esters is 1. The number of aromatic hydroxyl groups is 1. The lowest BCUT2D eigenvalue weighted by molar-refractivity contribution is 0.0526. The highest BCUT2D eigenvalue weighted by atomic mass is 32.2. The molecule has 3 heterocycles. The Morgan fingerprint density at radius 3 is 2.64 bits per heavy atom. The number of phenolic OH excluding ortho intramolecular Hbond substituents is 1. The van der Waals surface area contributed by atoms with Gasteiger partial charge in [-0.15, -0.1) is 0 Å². The molecular formula is C29H26F2N8O5S. The number of aromatic nitrogens is 3. The van der Waals surface area contributed by atoms with Crippen LogP contribution >= 0.6 is 11.8 Å². The Bertz CT molecular complexity index is 1830. The van der Waals surface area contributed by atoms with Gasteiger partial charge in [-0.05, 0) is 62.1 Å². The summed E-state index contributed by atoms with van der Waals surface area (Å²) in [5.41, 5.74) is 12.2. The van der Waals surface area contributed by atoms with Crippen molar-refractivity contribution >= 4 is 35.6 Å². The summed E-state index contributed by atoms with van der Waals surface area (Å²) >= 11 is 1.13. The smallest absolute Gasteiger partial charge is 0.343 e. The Morgan fingerprint density at radius 2 is 1.96 bits per heavy atom. The van der Waals surface area contributed by atoms with Gasteiger partial charge in [-0.25, -0.2) is 24.1 Å². The van der Waals surface area contributed by atoms with Gasteiger partial charge in [0.05, 0.1) is 12.8 Å². The normalized spacial score (nSPS) is 14.4. The van der Waals surface area contributed by atoms with Crippen molar-refractivity contribution in [1.29, 1.82) is 5.41 Å². The number of nitrogen functional groups attached to an aromatic ring is 2. The third kappa shape index (κ3) is 6.76. The van der Waals surface area contributed by atoms with Gasteiger partial charge in [-0.2, -0.15) is 4.39 Å². The van der Waals surface area contributed by atoms with Crippen LogP contribution in [0.4, 0.5) is 14.6 Å². The number of halogens is 2. The highest BCUT2D eigenvalue weighted by molar-refractivity contribution is 7.99. The van der Waals surface area contributed by atoms with Crippen LogP contribution in [0.5, 0.6) is 28.9 Å². The molecule has 0 aliphatic carbocycles. The Labute approximate surface area is 259 Å². The van der Waals surface area contributed by atoms with Crippen molar-refractivity contribution in [2.75, 3.05) is 25.9 Å². The predicted octanol–water partition coefficient (Wildman–Crippen LogP) is 4.65. The number of nitrogens with two attached hydrogens (primary N) is 2. The van der Waals surface area contributed by atoms with E-state index in [9.17, 15) is 14.3 Å². The van der Waals surface area contributed by atoms with Crippen molar-refractivity contribution in [1.82, 2.24) is 19.9 Å². The van der Waals surface area contributed by atoms with Crippen LogP contribution < -0.4 is 20.9 Å². The zero-order chi connectivity index (χ0) is 32.2. The van der Waals surface area contributed by atoms with Crippen LogP contribution in [-0.2, 0) is 4.74 Å². The molecule has 1 aliphatic heterocycles. The molecule has 0 fully saturated rings. The van der Waals surface area contributed by atoms with E-state index >= 15 is 4.39 Å². The molecule has 0 amide bonds. The monoisotopic (exact) mass is 636 g/mol. The molecule has 1 unspecified atom stereocenters. The fraction of sp³-hybridized carbons (Fsp3) is 0.172. The molecule has 2 aromatic heterocycles. The second-order valence-electron chi connectivity index (χ2n) is 9.47. The summed E-state index contributed by atoms with van der Waals surface area (Å²) in [4.78, 5) is 31.1. The number of carbonyl (C=O) groups is 1. The van der Waals surface area contributed by atoms with E-state index in [2.05, 4.69) is 19.9 Å². The molecule has 2 aromatic carbocycles. The van der Waals surface area contributed by atoms with Gasteiger partial charge in [-0.3, -0.25) is 15.3 Å². The third-order valence-electron chi connectivity index (χ3n) is 6.38. The first-order valence-corrected chi connectivity index (χ1v) is 14.1. The molecule has 0 saturated carbocycles. The number of nitrogens with zero attached hydrogens (tertiary/aromatic N) is 5. The van der Waals surface area contributed by atoms with Crippen LogP contribution in [-0.4, -0.2) is 63.2 Å². The lowest BCUT2D eigenvalue weighted by atomic mass is 10.1. The average molecular weight is 637 g/mol. The first-order valence-electron chi connectivity index (χ1n) is 13.3. The van der Waals surface area contributed by atoms with E-state index in [4.69, 9.17) is 31.1 Å². The summed E-state index contributed by atoms with van der Waals surface area (Å²) in [7, 11) is 1.82. The number of hydrogen-bond donors (Lipinski definition) is 4. The Balaban J connectivity index is 1.46. The molecule has 0 spiro atoms. The summed E-state index contributed by atoms with van der Waals surface area (Å²) in [5.74, 6) is -5.43. The topological polar surface area (TPSA) is 195 Å². The van der Waals surface area contributed by atoms with E-state index in [-0.39, 0.29) is 51.8 Å². The minimum Gasteiger partial charge on any atom is -0.504 e. The molecule has 1 aliphatic rings. The minimum absolute atomic E-state index is 0.0408. The lowest BCUT2D eigenvalue weighted by Gasteiger charge is -2.22. The van der Waals surface area contributed by atoms with E-state index in [0.717, 1.165) is 11.8 Å². The van der Waals surface area contributed by atoms with E-state index in [1.165, 1.54) is 30.5 Å². The van der Waals surface area contributed by atoms with Gasteiger partial charge >= 0.3 is 5.97 Å². The number of aliphatic imine (C=N–C) groups is 1. The highest BCUT2D eigenvalue weighted by Gasteiger charge is 2.27. The molecule has 232 valence electrons. The molecule has 16 heteroatoms. The third-order valence-corrected chi connectivity index (χ3v) is 7.25.